The van der Waals surface area contributed by atoms with E-state index in [1.807, 2.05) is 0 Å². The molecule has 0 spiro atoms. The molecule has 9 nitrogen and oxygen atoms in total. The number of thiol groups is 1. The minimum Gasteiger partial charge on any atom is -0.465 e. The average Bonchev–Trinajstić information content (AvgIpc) is 2.96. The summed E-state index contributed by atoms with van der Waals surface area (Å²) in [6.07, 6.45) is -0.652. The van der Waals surface area contributed by atoms with Crippen LogP contribution in [0.4, 0.5) is 10.5 Å². The van der Waals surface area contributed by atoms with Crippen LogP contribution in [0.3, 0.4) is 0 Å². The summed E-state index contributed by atoms with van der Waals surface area (Å²) in [5, 5.41) is 13.9. The first-order chi connectivity index (χ1) is 10.7. The number of likely N-dealkylation sites (tertiary alicyclic amines) is 1. The second kappa shape index (κ2) is 6.64. The molecule has 2 amide bonds. The number of carboxylic acid groups (broad SMARTS) is 1. The Kier molecular flexibility index (Phi) is 5.02. The maximum Gasteiger partial charge on any atom is 0.407 e. The van der Waals surface area contributed by atoms with Gasteiger partial charge in [0.15, 0.2) is 0 Å². The lowest BCUT2D eigenvalue weighted by Gasteiger charge is -2.21. The summed E-state index contributed by atoms with van der Waals surface area (Å²) in [4.78, 5) is 24.0. The highest BCUT2D eigenvalue weighted by atomic mass is 32.2. The van der Waals surface area contributed by atoms with E-state index in [4.69, 9.17) is 10.2 Å². The van der Waals surface area contributed by atoms with Crippen LogP contribution in [0.15, 0.2) is 29.2 Å². The van der Waals surface area contributed by atoms with Crippen LogP contribution in [0.2, 0.25) is 0 Å². The van der Waals surface area contributed by atoms with E-state index < -0.39 is 27.9 Å². The molecule has 2 rings (SSSR count). The molecule has 126 valence electrons. The number of benzene rings is 1. The highest BCUT2D eigenvalue weighted by molar-refractivity contribution is 7.89. The molecule has 1 aliphatic heterocycles. The summed E-state index contributed by atoms with van der Waals surface area (Å²) in [7, 11) is -3.87. The number of carbonyl (C=O) groups excluding carboxylic acids is 1. The Balaban J connectivity index is 2.03. The minimum absolute atomic E-state index is 0.110. The number of sulfonamides is 1. The van der Waals surface area contributed by atoms with Crippen molar-refractivity contribution in [3.05, 3.63) is 24.3 Å². The molecule has 1 aromatic carbocycles. The number of amides is 2. The minimum atomic E-state index is -3.87. The Morgan fingerprint density at radius 1 is 1.43 bits per heavy atom. The predicted molar refractivity (Wildman–Crippen MR) is 85.1 cm³/mol. The van der Waals surface area contributed by atoms with Crippen LogP contribution in [-0.4, -0.2) is 43.5 Å². The molecule has 23 heavy (non-hydrogen) atoms. The van der Waals surface area contributed by atoms with Crippen molar-refractivity contribution >= 4 is 40.5 Å². The molecule has 0 radical (unpaired) electrons. The van der Waals surface area contributed by atoms with E-state index in [1.54, 1.807) is 6.07 Å². The summed E-state index contributed by atoms with van der Waals surface area (Å²) in [5.41, 5.74) is 2.79. The number of nitrogens with zero attached hydrogens (tertiary/aromatic N) is 2. The van der Waals surface area contributed by atoms with Gasteiger partial charge in [0.2, 0.25) is 15.9 Å². The first kappa shape index (κ1) is 17.4. The number of anilines is 1. The summed E-state index contributed by atoms with van der Waals surface area (Å²) < 4.78 is 23.7. The van der Waals surface area contributed by atoms with E-state index in [1.165, 1.54) is 18.2 Å². The number of rotatable bonds is 4. The van der Waals surface area contributed by atoms with Crippen molar-refractivity contribution in [3.63, 3.8) is 0 Å². The summed E-state index contributed by atoms with van der Waals surface area (Å²) in [6.45, 7) is 0.404. The van der Waals surface area contributed by atoms with E-state index in [0.29, 0.717) is 18.7 Å². The smallest absolute Gasteiger partial charge is 0.407 e. The first-order valence-corrected chi connectivity index (χ1v) is 8.53. The van der Waals surface area contributed by atoms with Gasteiger partial charge in [-0.1, -0.05) is 6.07 Å². The Hall–Kier alpha value is -1.98. The summed E-state index contributed by atoms with van der Waals surface area (Å²) in [6, 6.07) is 5.59. The van der Waals surface area contributed by atoms with Gasteiger partial charge in [-0.25, -0.2) is 22.8 Å². The van der Waals surface area contributed by atoms with E-state index in [0.717, 1.165) is 9.31 Å². The second-order valence-electron chi connectivity index (χ2n) is 5.04. The van der Waals surface area contributed by atoms with Crippen LogP contribution >= 0.6 is 12.8 Å². The number of nitrogens with one attached hydrogen (secondary N) is 1. The zero-order valence-corrected chi connectivity index (χ0v) is 13.6. The molecule has 1 atom stereocenters. The number of hydrogen-bond acceptors (Lipinski definition) is 6. The van der Waals surface area contributed by atoms with Gasteiger partial charge in [0.05, 0.1) is 16.5 Å². The molecule has 0 saturated carbocycles. The van der Waals surface area contributed by atoms with Crippen molar-refractivity contribution in [1.29, 1.82) is 0 Å². The monoisotopic (exact) mass is 360 g/mol. The molecule has 0 aliphatic carbocycles. The fraction of sp³-hybridized carbons (Fsp3) is 0.333. The van der Waals surface area contributed by atoms with E-state index in [2.05, 4.69) is 18.2 Å². The highest BCUT2D eigenvalue weighted by Crippen LogP contribution is 2.20. The summed E-state index contributed by atoms with van der Waals surface area (Å²) in [5.74, 6) is -0.882. The van der Waals surface area contributed by atoms with Crippen molar-refractivity contribution in [1.82, 2.24) is 10.3 Å². The van der Waals surface area contributed by atoms with Crippen LogP contribution in [0, 0.1) is 5.92 Å². The molecule has 0 unspecified atom stereocenters. The molecule has 1 saturated heterocycles. The van der Waals surface area contributed by atoms with Crippen LogP contribution in [0.1, 0.15) is 6.42 Å². The molecular formula is C12H16N4O5S2. The highest BCUT2D eigenvalue weighted by Gasteiger charge is 2.31. The normalized spacial score (nSPS) is 17.8. The van der Waals surface area contributed by atoms with Crippen molar-refractivity contribution < 1.29 is 23.1 Å². The third-order valence-corrected chi connectivity index (χ3v) is 4.68. The zero-order valence-electron chi connectivity index (χ0n) is 11.9. The van der Waals surface area contributed by atoms with Crippen molar-refractivity contribution in [2.45, 2.75) is 11.3 Å². The van der Waals surface area contributed by atoms with Gasteiger partial charge in [-0.05, 0) is 37.4 Å². The maximum atomic E-state index is 12.1. The number of primary sulfonamides is 1. The predicted octanol–water partition coefficient (Wildman–Crippen LogP) is 0.0163. The van der Waals surface area contributed by atoms with Gasteiger partial charge in [0.1, 0.15) is 0 Å². The van der Waals surface area contributed by atoms with Gasteiger partial charge in [-0.2, -0.15) is 0 Å². The topological polar surface area (TPSA) is 133 Å². The fourth-order valence-corrected chi connectivity index (χ4v) is 2.98. The zero-order chi connectivity index (χ0) is 17.2. The third kappa shape index (κ3) is 4.27. The molecule has 4 N–H and O–H groups in total. The van der Waals surface area contributed by atoms with Gasteiger partial charge >= 0.3 is 6.09 Å². The average molecular weight is 360 g/mol. The van der Waals surface area contributed by atoms with Gasteiger partial charge < -0.3 is 10.0 Å². The van der Waals surface area contributed by atoms with Crippen LogP contribution in [0.25, 0.3) is 0 Å². The Morgan fingerprint density at radius 2 is 2.13 bits per heavy atom. The molecule has 1 aromatic rings. The molecule has 0 bridgehead atoms. The van der Waals surface area contributed by atoms with Gasteiger partial charge in [0, 0.05) is 13.1 Å². The standard InChI is InChI=1S/C12H16N4O5S2/c13-23(20,21)10-3-1-2-9(6-10)16(22)14-11(17)8-4-5-15(7-8)12(18)19/h1-3,6,8,22H,4-5,7H2,(H,14,17)(H,18,19)(H2,13,20,21)/t8-/m0/s1. The van der Waals surface area contributed by atoms with Crippen molar-refractivity contribution in [3.8, 4) is 0 Å². The van der Waals surface area contributed by atoms with Crippen LogP contribution < -0.4 is 15.0 Å². The Labute approximate surface area is 138 Å². The molecule has 1 fully saturated rings. The molecule has 1 heterocycles. The number of carbonyl (C=O) groups is 2. The van der Waals surface area contributed by atoms with Crippen molar-refractivity contribution in [2.24, 2.45) is 11.1 Å². The second-order valence-corrected chi connectivity index (χ2v) is 7.01. The van der Waals surface area contributed by atoms with Gasteiger partial charge in [-0.3, -0.25) is 10.2 Å². The van der Waals surface area contributed by atoms with E-state index in [-0.39, 0.29) is 11.4 Å². The number of nitrogens with two attached hydrogens (primary N) is 1. The van der Waals surface area contributed by atoms with E-state index in [9.17, 15) is 18.0 Å². The Morgan fingerprint density at radius 3 is 2.70 bits per heavy atom. The Bertz CT molecular complexity index is 724. The number of hydrazine groups is 1. The van der Waals surface area contributed by atoms with E-state index >= 15 is 0 Å². The first-order valence-electron chi connectivity index (χ1n) is 6.58. The lowest BCUT2D eigenvalue weighted by Crippen LogP contribution is -2.41. The van der Waals surface area contributed by atoms with Gasteiger partial charge in [0.25, 0.3) is 0 Å². The molecular weight excluding hydrogens is 344 g/mol. The lowest BCUT2D eigenvalue weighted by atomic mass is 10.1. The van der Waals surface area contributed by atoms with Gasteiger partial charge in [-0.15, -0.1) is 0 Å². The van der Waals surface area contributed by atoms with Crippen molar-refractivity contribution in [2.75, 3.05) is 17.5 Å². The third-order valence-electron chi connectivity index (χ3n) is 3.44. The summed E-state index contributed by atoms with van der Waals surface area (Å²) >= 11 is 4.09. The molecule has 0 aromatic heterocycles. The fourth-order valence-electron chi connectivity index (χ4n) is 2.20. The lowest BCUT2D eigenvalue weighted by molar-refractivity contribution is -0.124. The molecule has 11 heteroatoms. The van der Waals surface area contributed by atoms with Crippen LogP contribution in [-0.2, 0) is 14.8 Å². The SMILES string of the molecule is NS(=O)(=O)c1cccc(N(S)NC(=O)[C@H]2CCN(C(=O)O)C2)c1. The van der Waals surface area contributed by atoms with Crippen LogP contribution in [0.5, 0.6) is 0 Å². The maximum absolute atomic E-state index is 12.1. The quantitative estimate of drug-likeness (QED) is 0.442. The number of hydrogen-bond donors (Lipinski definition) is 4. The molecule has 1 aliphatic rings. The largest absolute Gasteiger partial charge is 0.465 e.